The van der Waals surface area contributed by atoms with Crippen LogP contribution in [0.5, 0.6) is 5.75 Å². The summed E-state index contributed by atoms with van der Waals surface area (Å²) in [6.45, 7) is 0.902. The van der Waals surface area contributed by atoms with E-state index in [1.54, 1.807) is 6.07 Å². The zero-order valence-electron chi connectivity index (χ0n) is 10.8. The molecule has 100 valence electrons. The van der Waals surface area contributed by atoms with Crippen LogP contribution in [0.25, 0.3) is 0 Å². The van der Waals surface area contributed by atoms with Gasteiger partial charge in [-0.05, 0) is 18.8 Å². The lowest BCUT2D eigenvalue weighted by Crippen LogP contribution is -2.17. The standard InChI is InChI=1S/C14H21FN2O/c1-18-14-8-13(12(16)7-11(14)15)17-9-10-5-3-2-4-6-10/h7-8,10,17H,2-6,9,16H2,1H3. The number of anilines is 2. The van der Waals surface area contributed by atoms with Gasteiger partial charge in [0.25, 0.3) is 0 Å². The first-order chi connectivity index (χ1) is 8.70. The van der Waals surface area contributed by atoms with Crippen molar-refractivity contribution in [2.24, 2.45) is 5.92 Å². The lowest BCUT2D eigenvalue weighted by molar-refractivity contribution is 0.373. The van der Waals surface area contributed by atoms with Gasteiger partial charge >= 0.3 is 0 Å². The molecular formula is C14H21FN2O. The summed E-state index contributed by atoms with van der Waals surface area (Å²) in [5, 5.41) is 3.31. The van der Waals surface area contributed by atoms with Crippen LogP contribution in [0, 0.1) is 11.7 Å². The summed E-state index contributed by atoms with van der Waals surface area (Å²) in [4.78, 5) is 0. The Bertz CT molecular complexity index is 403. The maximum atomic E-state index is 13.4. The highest BCUT2D eigenvalue weighted by molar-refractivity contribution is 5.68. The molecule has 3 nitrogen and oxygen atoms in total. The second-order valence-corrected chi connectivity index (χ2v) is 4.96. The maximum Gasteiger partial charge on any atom is 0.167 e. The Kier molecular flexibility index (Phi) is 4.28. The molecule has 1 aromatic carbocycles. The summed E-state index contributed by atoms with van der Waals surface area (Å²) in [6.07, 6.45) is 6.52. The minimum Gasteiger partial charge on any atom is -0.494 e. The summed E-state index contributed by atoms with van der Waals surface area (Å²) in [7, 11) is 1.46. The molecule has 4 heteroatoms. The van der Waals surface area contributed by atoms with Crippen LogP contribution in [0.3, 0.4) is 0 Å². The SMILES string of the molecule is COc1cc(NCC2CCCCC2)c(N)cc1F. The monoisotopic (exact) mass is 252 g/mol. The zero-order valence-corrected chi connectivity index (χ0v) is 10.8. The van der Waals surface area contributed by atoms with E-state index in [-0.39, 0.29) is 5.75 Å². The van der Waals surface area contributed by atoms with E-state index in [9.17, 15) is 4.39 Å². The molecular weight excluding hydrogens is 231 g/mol. The van der Waals surface area contributed by atoms with Crippen molar-refractivity contribution in [1.29, 1.82) is 0 Å². The molecule has 0 radical (unpaired) electrons. The molecule has 0 aliphatic heterocycles. The van der Waals surface area contributed by atoms with Gasteiger partial charge in [0, 0.05) is 18.7 Å². The molecule has 0 aromatic heterocycles. The summed E-state index contributed by atoms with van der Waals surface area (Å²) >= 11 is 0. The Balaban J connectivity index is 1.99. The second kappa shape index (κ2) is 5.94. The summed E-state index contributed by atoms with van der Waals surface area (Å²) in [5.74, 6) is 0.516. The van der Waals surface area contributed by atoms with Crippen LogP contribution in [0.15, 0.2) is 12.1 Å². The van der Waals surface area contributed by atoms with E-state index in [0.717, 1.165) is 12.2 Å². The summed E-state index contributed by atoms with van der Waals surface area (Å²) < 4.78 is 18.4. The van der Waals surface area contributed by atoms with Crippen LogP contribution in [-0.2, 0) is 0 Å². The van der Waals surface area contributed by atoms with Crippen LogP contribution in [0.2, 0.25) is 0 Å². The quantitative estimate of drug-likeness (QED) is 0.807. The molecule has 18 heavy (non-hydrogen) atoms. The van der Waals surface area contributed by atoms with Crippen LogP contribution in [0.4, 0.5) is 15.8 Å². The first kappa shape index (κ1) is 13.0. The topological polar surface area (TPSA) is 47.3 Å². The van der Waals surface area contributed by atoms with Crippen molar-refractivity contribution >= 4 is 11.4 Å². The summed E-state index contributed by atoms with van der Waals surface area (Å²) in [5.41, 5.74) is 7.00. The molecule has 2 rings (SSSR count). The molecule has 0 bridgehead atoms. The molecule has 1 aliphatic carbocycles. The zero-order chi connectivity index (χ0) is 13.0. The number of ether oxygens (including phenoxy) is 1. The number of benzene rings is 1. The van der Waals surface area contributed by atoms with Gasteiger partial charge < -0.3 is 15.8 Å². The van der Waals surface area contributed by atoms with E-state index in [2.05, 4.69) is 5.32 Å². The number of hydrogen-bond donors (Lipinski definition) is 2. The van der Waals surface area contributed by atoms with Crippen molar-refractivity contribution in [3.05, 3.63) is 17.9 Å². The molecule has 0 heterocycles. The Hall–Kier alpha value is -1.45. The first-order valence-electron chi connectivity index (χ1n) is 6.57. The Morgan fingerprint density at radius 3 is 2.72 bits per heavy atom. The van der Waals surface area contributed by atoms with Gasteiger partial charge in [0.05, 0.1) is 18.5 Å². The lowest BCUT2D eigenvalue weighted by atomic mass is 9.89. The number of rotatable bonds is 4. The number of halogens is 1. The molecule has 0 spiro atoms. The van der Waals surface area contributed by atoms with E-state index < -0.39 is 5.82 Å². The van der Waals surface area contributed by atoms with Gasteiger partial charge in [0.2, 0.25) is 0 Å². The number of nitrogens with two attached hydrogens (primary N) is 1. The fourth-order valence-corrected chi connectivity index (χ4v) is 2.52. The highest BCUT2D eigenvalue weighted by Crippen LogP contribution is 2.29. The Morgan fingerprint density at radius 2 is 2.06 bits per heavy atom. The van der Waals surface area contributed by atoms with E-state index in [4.69, 9.17) is 10.5 Å². The highest BCUT2D eigenvalue weighted by Gasteiger charge is 2.14. The largest absolute Gasteiger partial charge is 0.494 e. The van der Waals surface area contributed by atoms with Crippen LogP contribution >= 0.6 is 0 Å². The second-order valence-electron chi connectivity index (χ2n) is 4.96. The Morgan fingerprint density at radius 1 is 1.33 bits per heavy atom. The lowest BCUT2D eigenvalue weighted by Gasteiger charge is -2.22. The third-order valence-corrected chi connectivity index (χ3v) is 3.63. The normalized spacial score (nSPS) is 16.6. The van der Waals surface area contributed by atoms with Crippen LogP contribution < -0.4 is 15.8 Å². The minimum atomic E-state index is -0.418. The van der Waals surface area contributed by atoms with Crippen LogP contribution in [0.1, 0.15) is 32.1 Å². The van der Waals surface area contributed by atoms with Gasteiger partial charge in [0.15, 0.2) is 11.6 Å². The van der Waals surface area contributed by atoms with E-state index in [0.29, 0.717) is 11.6 Å². The van der Waals surface area contributed by atoms with Crippen molar-refractivity contribution in [3.8, 4) is 5.75 Å². The average Bonchev–Trinajstić information content (AvgIpc) is 2.39. The fraction of sp³-hybridized carbons (Fsp3) is 0.571. The van der Waals surface area contributed by atoms with Gasteiger partial charge in [0.1, 0.15) is 0 Å². The van der Waals surface area contributed by atoms with Crippen molar-refractivity contribution in [2.45, 2.75) is 32.1 Å². The third kappa shape index (κ3) is 3.06. The Labute approximate surface area is 108 Å². The minimum absolute atomic E-state index is 0.232. The molecule has 3 N–H and O–H groups in total. The average molecular weight is 252 g/mol. The number of hydrogen-bond acceptors (Lipinski definition) is 3. The first-order valence-corrected chi connectivity index (χ1v) is 6.57. The number of nitrogen functional groups attached to an aromatic ring is 1. The molecule has 1 aromatic rings. The fourth-order valence-electron chi connectivity index (χ4n) is 2.52. The molecule has 1 fully saturated rings. The third-order valence-electron chi connectivity index (χ3n) is 3.63. The van der Waals surface area contributed by atoms with Crippen molar-refractivity contribution in [3.63, 3.8) is 0 Å². The van der Waals surface area contributed by atoms with Gasteiger partial charge in [-0.25, -0.2) is 4.39 Å². The van der Waals surface area contributed by atoms with E-state index in [1.165, 1.54) is 45.3 Å². The molecule has 0 amide bonds. The molecule has 0 saturated heterocycles. The van der Waals surface area contributed by atoms with Crippen LogP contribution in [-0.4, -0.2) is 13.7 Å². The smallest absolute Gasteiger partial charge is 0.167 e. The highest BCUT2D eigenvalue weighted by atomic mass is 19.1. The number of nitrogens with one attached hydrogen (secondary N) is 1. The predicted octanol–water partition coefficient (Wildman–Crippen LogP) is 3.41. The number of methoxy groups -OCH3 is 1. The molecule has 1 saturated carbocycles. The van der Waals surface area contributed by atoms with E-state index >= 15 is 0 Å². The van der Waals surface area contributed by atoms with Crippen molar-refractivity contribution in [2.75, 3.05) is 24.7 Å². The molecule has 0 atom stereocenters. The van der Waals surface area contributed by atoms with Gasteiger partial charge in [-0.15, -0.1) is 0 Å². The predicted molar refractivity (Wildman–Crippen MR) is 72.4 cm³/mol. The van der Waals surface area contributed by atoms with Gasteiger partial charge in [-0.3, -0.25) is 0 Å². The maximum absolute atomic E-state index is 13.4. The van der Waals surface area contributed by atoms with Crippen molar-refractivity contribution < 1.29 is 9.13 Å². The molecule has 1 aliphatic rings. The summed E-state index contributed by atoms with van der Waals surface area (Å²) in [6, 6.07) is 2.94. The molecule has 0 unspecified atom stereocenters. The van der Waals surface area contributed by atoms with E-state index in [1.807, 2.05) is 0 Å². The van der Waals surface area contributed by atoms with Gasteiger partial charge in [-0.1, -0.05) is 19.3 Å². The van der Waals surface area contributed by atoms with Gasteiger partial charge in [-0.2, -0.15) is 0 Å². The van der Waals surface area contributed by atoms with Crippen molar-refractivity contribution in [1.82, 2.24) is 0 Å².